The van der Waals surface area contributed by atoms with Gasteiger partial charge in [0, 0.05) is 25.2 Å². The Hall–Kier alpha value is -0.900. The summed E-state index contributed by atoms with van der Waals surface area (Å²) < 4.78 is 0. The fourth-order valence-electron chi connectivity index (χ4n) is 2.48. The van der Waals surface area contributed by atoms with Gasteiger partial charge < -0.3 is 10.6 Å². The highest BCUT2D eigenvalue weighted by Crippen LogP contribution is 2.44. The molecule has 0 bridgehead atoms. The largest absolute Gasteiger partial charge is 0.396 e. The van der Waals surface area contributed by atoms with Crippen molar-refractivity contribution < 1.29 is 0 Å². The lowest BCUT2D eigenvalue weighted by Gasteiger charge is -2.43. The van der Waals surface area contributed by atoms with Crippen molar-refractivity contribution in [3.05, 3.63) is 4.88 Å². The molecule has 0 saturated carbocycles. The summed E-state index contributed by atoms with van der Waals surface area (Å²) in [5.74, 6) is 0. The van der Waals surface area contributed by atoms with Crippen molar-refractivity contribution >= 4 is 33.8 Å². The molecule has 2 N–H and O–H groups in total. The predicted molar refractivity (Wildman–Crippen MR) is 84.1 cm³/mol. The van der Waals surface area contributed by atoms with Gasteiger partial charge in [-0.25, -0.2) is 0 Å². The molecule has 6 heteroatoms. The number of nitrogens with two attached hydrogens (primary N) is 1. The van der Waals surface area contributed by atoms with Crippen molar-refractivity contribution in [3.63, 3.8) is 0 Å². The Morgan fingerprint density at radius 3 is 2.42 bits per heavy atom. The van der Waals surface area contributed by atoms with E-state index in [2.05, 4.69) is 36.8 Å². The van der Waals surface area contributed by atoms with Crippen molar-refractivity contribution in [3.8, 4) is 6.07 Å². The van der Waals surface area contributed by atoms with Crippen molar-refractivity contribution in [1.29, 1.82) is 5.26 Å². The molecule has 1 fully saturated rings. The average Bonchev–Trinajstić information content (AvgIpc) is 2.71. The molecule has 1 aliphatic rings. The molecule has 0 amide bonds. The normalized spacial score (nSPS) is 24.5. The highest BCUT2D eigenvalue weighted by atomic mass is 32.2. The van der Waals surface area contributed by atoms with Crippen LogP contribution in [0.25, 0.3) is 0 Å². The molecular weight excluding hydrogens is 276 g/mol. The predicted octanol–water partition coefficient (Wildman–Crippen LogP) is 2.45. The number of thiophene rings is 1. The lowest BCUT2D eigenvalue weighted by Crippen LogP contribution is -2.55. The van der Waals surface area contributed by atoms with Gasteiger partial charge in [-0.3, -0.25) is 4.90 Å². The van der Waals surface area contributed by atoms with Gasteiger partial charge in [-0.05, 0) is 27.2 Å². The lowest BCUT2D eigenvalue weighted by atomic mass is 10.1. The summed E-state index contributed by atoms with van der Waals surface area (Å²) in [6, 6.07) is 3.22. The van der Waals surface area contributed by atoms with Crippen molar-refractivity contribution in [2.24, 2.45) is 0 Å². The molecule has 104 valence electrons. The van der Waals surface area contributed by atoms with E-state index in [9.17, 15) is 0 Å². The van der Waals surface area contributed by atoms with Gasteiger partial charge in [0.05, 0.1) is 10.6 Å². The maximum atomic E-state index is 9.14. The number of hydrogen-bond acceptors (Lipinski definition) is 6. The maximum absolute atomic E-state index is 9.14. The van der Waals surface area contributed by atoms with Crippen LogP contribution in [0.15, 0.2) is 4.90 Å². The Labute approximate surface area is 123 Å². The molecule has 2 atom stereocenters. The Morgan fingerprint density at radius 1 is 1.37 bits per heavy atom. The molecule has 2 rings (SSSR count). The summed E-state index contributed by atoms with van der Waals surface area (Å²) in [6.45, 7) is 6.45. The van der Waals surface area contributed by atoms with E-state index >= 15 is 0 Å². The zero-order valence-corrected chi connectivity index (χ0v) is 13.4. The van der Waals surface area contributed by atoms with Crippen LogP contribution in [0.1, 0.15) is 18.7 Å². The third-order valence-corrected chi connectivity index (χ3v) is 5.96. The van der Waals surface area contributed by atoms with E-state index in [1.54, 1.807) is 11.8 Å². The minimum absolute atomic E-state index is 0.507. The van der Waals surface area contributed by atoms with Crippen LogP contribution >= 0.6 is 23.1 Å². The van der Waals surface area contributed by atoms with Gasteiger partial charge in [0.1, 0.15) is 15.9 Å². The van der Waals surface area contributed by atoms with E-state index in [0.717, 1.165) is 23.0 Å². The first-order valence-corrected chi connectivity index (χ1v) is 8.37. The number of nitrogens with zero attached hydrogens (tertiary/aromatic N) is 3. The molecular formula is C13H20N4S2. The number of thioether (sulfide) groups is 1. The summed E-state index contributed by atoms with van der Waals surface area (Å²) in [5.41, 5.74) is 6.71. The van der Waals surface area contributed by atoms with Gasteiger partial charge in [-0.2, -0.15) is 5.26 Å². The molecule has 0 radical (unpaired) electrons. The van der Waals surface area contributed by atoms with E-state index in [4.69, 9.17) is 11.0 Å². The molecule has 0 aromatic carbocycles. The van der Waals surface area contributed by atoms with Gasteiger partial charge in [-0.15, -0.1) is 23.1 Å². The van der Waals surface area contributed by atoms with Crippen LogP contribution < -0.4 is 10.6 Å². The molecule has 19 heavy (non-hydrogen) atoms. The second-order valence-corrected chi connectivity index (χ2v) is 6.88. The number of hydrogen-bond donors (Lipinski definition) is 1. The quantitative estimate of drug-likeness (QED) is 0.850. The molecule has 1 saturated heterocycles. The summed E-state index contributed by atoms with van der Waals surface area (Å²) in [7, 11) is 2.17. The summed E-state index contributed by atoms with van der Waals surface area (Å²) in [4.78, 5) is 6.48. The minimum Gasteiger partial charge on any atom is -0.396 e. The number of rotatable bonds is 2. The van der Waals surface area contributed by atoms with Gasteiger partial charge in [0.15, 0.2) is 0 Å². The monoisotopic (exact) mass is 296 g/mol. The summed E-state index contributed by atoms with van der Waals surface area (Å²) in [5, 5.41) is 10.3. The Morgan fingerprint density at radius 2 is 1.95 bits per heavy atom. The first-order chi connectivity index (χ1) is 8.99. The third-order valence-electron chi connectivity index (χ3n) is 3.83. The van der Waals surface area contributed by atoms with Gasteiger partial charge in [0.25, 0.3) is 0 Å². The van der Waals surface area contributed by atoms with Crippen LogP contribution in [-0.4, -0.2) is 43.4 Å². The van der Waals surface area contributed by atoms with Crippen molar-refractivity contribution in [2.45, 2.75) is 30.8 Å². The Kier molecular flexibility index (Phi) is 4.29. The highest BCUT2D eigenvalue weighted by molar-refractivity contribution is 7.99. The summed E-state index contributed by atoms with van der Waals surface area (Å²) in [6.07, 6.45) is 2.02. The zero-order chi connectivity index (χ0) is 14.2. The van der Waals surface area contributed by atoms with Crippen LogP contribution in [0.3, 0.4) is 0 Å². The second-order valence-electron chi connectivity index (χ2n) is 5.06. The summed E-state index contributed by atoms with van der Waals surface area (Å²) >= 11 is 3.16. The molecule has 1 aliphatic heterocycles. The fraction of sp³-hybridized carbons (Fsp3) is 0.615. The molecule has 2 unspecified atom stereocenters. The van der Waals surface area contributed by atoms with E-state index in [-0.39, 0.29) is 0 Å². The van der Waals surface area contributed by atoms with Crippen molar-refractivity contribution in [1.82, 2.24) is 4.90 Å². The number of anilines is 2. The fourth-order valence-corrected chi connectivity index (χ4v) is 4.47. The molecule has 0 aliphatic carbocycles. The van der Waals surface area contributed by atoms with Crippen LogP contribution in [-0.2, 0) is 0 Å². The van der Waals surface area contributed by atoms with E-state index < -0.39 is 0 Å². The molecule has 1 aromatic rings. The maximum Gasteiger partial charge on any atom is 0.131 e. The zero-order valence-electron chi connectivity index (χ0n) is 11.8. The highest BCUT2D eigenvalue weighted by Gasteiger charge is 2.30. The van der Waals surface area contributed by atoms with Crippen molar-refractivity contribution in [2.75, 3.05) is 37.0 Å². The van der Waals surface area contributed by atoms with Crippen LogP contribution in [0, 0.1) is 11.3 Å². The molecule has 0 spiro atoms. The Balaban J connectivity index is 2.35. The van der Waals surface area contributed by atoms with Crippen LogP contribution in [0.4, 0.5) is 10.7 Å². The minimum atomic E-state index is 0.507. The topological polar surface area (TPSA) is 56.3 Å². The standard InChI is InChI=1S/C13H20N4S2/c1-8-6-17(7-9(2)16(8)3)13-12(18-4)11(15)10(5-14)19-13/h8-9H,6-7,15H2,1-4H3. The van der Waals surface area contributed by atoms with E-state index in [1.165, 1.54) is 11.3 Å². The number of nitrogen functional groups attached to an aromatic ring is 1. The SMILES string of the molecule is CSc1c(N2CC(C)N(C)C(C)C2)sc(C#N)c1N. The van der Waals surface area contributed by atoms with Crippen LogP contribution in [0.5, 0.6) is 0 Å². The van der Waals surface area contributed by atoms with Gasteiger partial charge >= 0.3 is 0 Å². The first kappa shape index (κ1) is 14.5. The van der Waals surface area contributed by atoms with E-state index in [1.807, 2.05) is 6.26 Å². The molecule has 4 nitrogen and oxygen atoms in total. The third kappa shape index (κ3) is 2.55. The Bertz CT molecular complexity index is 493. The average molecular weight is 296 g/mol. The number of piperazine rings is 1. The molecule has 2 heterocycles. The molecule has 1 aromatic heterocycles. The lowest BCUT2D eigenvalue weighted by molar-refractivity contribution is 0.170. The first-order valence-electron chi connectivity index (χ1n) is 6.32. The number of likely N-dealkylation sites (N-methyl/N-ethyl adjacent to an activating group) is 1. The second kappa shape index (κ2) is 5.61. The van der Waals surface area contributed by atoms with Crippen LogP contribution in [0.2, 0.25) is 0 Å². The smallest absolute Gasteiger partial charge is 0.131 e. The van der Waals surface area contributed by atoms with Gasteiger partial charge in [0.2, 0.25) is 0 Å². The van der Waals surface area contributed by atoms with Gasteiger partial charge in [-0.1, -0.05) is 0 Å². The number of nitriles is 1. The van der Waals surface area contributed by atoms with E-state index in [0.29, 0.717) is 22.6 Å².